The Morgan fingerprint density at radius 3 is 2.79 bits per heavy atom. The van der Waals surface area contributed by atoms with Gasteiger partial charge in [0, 0.05) is 63.1 Å². The molecule has 3 aromatic heterocycles. The molecule has 1 fully saturated rings. The van der Waals surface area contributed by atoms with Gasteiger partial charge in [-0.25, -0.2) is 9.50 Å². The predicted molar refractivity (Wildman–Crippen MR) is 96.5 cm³/mol. The molecule has 6 heteroatoms. The molecule has 0 saturated carbocycles. The standard InChI is InChI=1S/C18H22N6/c1-22-8-10-23(11-9-22)16-2-5-19-18(13-16)20-14-15-4-7-24-17(12-15)3-6-21-24/h2-7,12-13H,8-11,14H2,1H3,(H,19,20). The Hall–Kier alpha value is -2.60. The van der Waals surface area contributed by atoms with E-state index in [1.165, 1.54) is 11.3 Å². The zero-order chi connectivity index (χ0) is 16.4. The van der Waals surface area contributed by atoms with Gasteiger partial charge in [0.2, 0.25) is 0 Å². The summed E-state index contributed by atoms with van der Waals surface area (Å²) in [5.41, 5.74) is 3.56. The average Bonchev–Trinajstić information content (AvgIpc) is 3.08. The fraction of sp³-hybridized carbons (Fsp3) is 0.333. The summed E-state index contributed by atoms with van der Waals surface area (Å²) in [5, 5.41) is 7.65. The quantitative estimate of drug-likeness (QED) is 0.797. The number of nitrogens with zero attached hydrogens (tertiary/aromatic N) is 5. The zero-order valence-electron chi connectivity index (χ0n) is 13.9. The Kier molecular flexibility index (Phi) is 4.04. The molecule has 0 spiro atoms. The van der Waals surface area contributed by atoms with Gasteiger partial charge in [-0.15, -0.1) is 0 Å². The minimum absolute atomic E-state index is 0.751. The van der Waals surface area contributed by atoms with Crippen LogP contribution in [0.2, 0.25) is 0 Å². The highest BCUT2D eigenvalue weighted by Crippen LogP contribution is 2.19. The first-order valence-electron chi connectivity index (χ1n) is 8.34. The average molecular weight is 322 g/mol. The maximum atomic E-state index is 4.45. The number of pyridine rings is 2. The molecule has 4 rings (SSSR count). The molecule has 3 aromatic rings. The lowest BCUT2D eigenvalue weighted by atomic mass is 10.2. The molecule has 1 saturated heterocycles. The molecule has 1 aliphatic rings. The van der Waals surface area contributed by atoms with Crippen molar-refractivity contribution in [2.24, 2.45) is 0 Å². The van der Waals surface area contributed by atoms with Gasteiger partial charge in [-0.05, 0) is 36.9 Å². The first-order valence-corrected chi connectivity index (χ1v) is 8.34. The van der Waals surface area contributed by atoms with Crippen molar-refractivity contribution in [1.82, 2.24) is 19.5 Å². The Bertz CT molecular complexity index is 819. The number of piperazine rings is 1. The molecule has 0 bridgehead atoms. The van der Waals surface area contributed by atoms with Crippen molar-refractivity contribution in [1.29, 1.82) is 0 Å². The van der Waals surface area contributed by atoms with Crippen molar-refractivity contribution >= 4 is 17.0 Å². The fourth-order valence-corrected chi connectivity index (χ4v) is 3.05. The third-order valence-corrected chi connectivity index (χ3v) is 4.55. The molecule has 0 aromatic carbocycles. The topological polar surface area (TPSA) is 48.7 Å². The molecule has 1 N–H and O–H groups in total. The van der Waals surface area contributed by atoms with Gasteiger partial charge in [0.05, 0.1) is 5.52 Å². The number of hydrogen-bond donors (Lipinski definition) is 1. The van der Waals surface area contributed by atoms with Gasteiger partial charge >= 0.3 is 0 Å². The van der Waals surface area contributed by atoms with Crippen LogP contribution in [0, 0.1) is 0 Å². The van der Waals surface area contributed by atoms with Crippen LogP contribution in [0.25, 0.3) is 5.52 Å². The Morgan fingerprint density at radius 2 is 1.92 bits per heavy atom. The molecule has 0 radical (unpaired) electrons. The van der Waals surface area contributed by atoms with Crippen molar-refractivity contribution in [3.05, 3.63) is 54.5 Å². The van der Waals surface area contributed by atoms with E-state index >= 15 is 0 Å². The molecule has 124 valence electrons. The monoisotopic (exact) mass is 322 g/mol. The van der Waals surface area contributed by atoms with Crippen LogP contribution in [0.5, 0.6) is 0 Å². The second-order valence-electron chi connectivity index (χ2n) is 6.28. The van der Waals surface area contributed by atoms with E-state index in [0.717, 1.165) is 44.1 Å². The lowest BCUT2D eigenvalue weighted by Crippen LogP contribution is -2.44. The van der Waals surface area contributed by atoms with Gasteiger partial charge in [0.25, 0.3) is 0 Å². The van der Waals surface area contributed by atoms with Gasteiger partial charge in [-0.1, -0.05) is 0 Å². The second kappa shape index (κ2) is 6.49. The van der Waals surface area contributed by atoms with Gasteiger partial charge in [-0.3, -0.25) is 0 Å². The van der Waals surface area contributed by atoms with Crippen molar-refractivity contribution in [2.75, 3.05) is 43.4 Å². The van der Waals surface area contributed by atoms with Crippen LogP contribution in [0.15, 0.2) is 48.9 Å². The molecule has 4 heterocycles. The van der Waals surface area contributed by atoms with E-state index in [1.807, 2.05) is 29.2 Å². The van der Waals surface area contributed by atoms with Crippen LogP contribution in [0.4, 0.5) is 11.5 Å². The highest BCUT2D eigenvalue weighted by molar-refractivity contribution is 5.55. The zero-order valence-corrected chi connectivity index (χ0v) is 13.9. The molecule has 0 aliphatic carbocycles. The summed E-state index contributed by atoms with van der Waals surface area (Å²) in [7, 11) is 2.17. The number of fused-ring (bicyclic) bond motifs is 1. The van der Waals surface area contributed by atoms with Crippen LogP contribution < -0.4 is 10.2 Å². The molecular formula is C18H22N6. The Morgan fingerprint density at radius 1 is 1.04 bits per heavy atom. The first-order chi connectivity index (χ1) is 11.8. The van der Waals surface area contributed by atoms with Crippen LogP contribution in [-0.2, 0) is 6.54 Å². The summed E-state index contributed by atoms with van der Waals surface area (Å²) in [6.45, 7) is 5.10. The third kappa shape index (κ3) is 3.19. The van der Waals surface area contributed by atoms with Crippen LogP contribution in [0.1, 0.15) is 5.56 Å². The van der Waals surface area contributed by atoms with E-state index < -0.39 is 0 Å². The summed E-state index contributed by atoms with van der Waals surface area (Å²) in [6.07, 6.45) is 5.68. The lowest BCUT2D eigenvalue weighted by Gasteiger charge is -2.34. The summed E-state index contributed by atoms with van der Waals surface area (Å²) in [4.78, 5) is 9.24. The van der Waals surface area contributed by atoms with E-state index in [9.17, 15) is 0 Å². The molecule has 0 unspecified atom stereocenters. The molecule has 0 amide bonds. The largest absolute Gasteiger partial charge is 0.369 e. The van der Waals surface area contributed by atoms with E-state index in [-0.39, 0.29) is 0 Å². The van der Waals surface area contributed by atoms with E-state index in [0.29, 0.717) is 0 Å². The highest BCUT2D eigenvalue weighted by Gasteiger charge is 2.14. The number of aromatic nitrogens is 3. The molecule has 6 nitrogen and oxygen atoms in total. The Balaban J connectivity index is 1.43. The summed E-state index contributed by atoms with van der Waals surface area (Å²) < 4.78 is 1.87. The Labute approximate surface area is 141 Å². The number of anilines is 2. The molecule has 1 aliphatic heterocycles. The van der Waals surface area contributed by atoms with Crippen LogP contribution >= 0.6 is 0 Å². The van der Waals surface area contributed by atoms with Crippen molar-refractivity contribution < 1.29 is 0 Å². The van der Waals surface area contributed by atoms with Crippen LogP contribution in [-0.4, -0.2) is 52.7 Å². The predicted octanol–water partition coefficient (Wildman–Crippen LogP) is 2.09. The second-order valence-corrected chi connectivity index (χ2v) is 6.28. The van der Waals surface area contributed by atoms with Crippen molar-refractivity contribution in [3.8, 4) is 0 Å². The van der Waals surface area contributed by atoms with Gasteiger partial charge < -0.3 is 15.1 Å². The van der Waals surface area contributed by atoms with E-state index in [4.69, 9.17) is 0 Å². The minimum Gasteiger partial charge on any atom is -0.369 e. The van der Waals surface area contributed by atoms with Gasteiger partial charge in [0.15, 0.2) is 0 Å². The number of hydrogen-bond acceptors (Lipinski definition) is 5. The van der Waals surface area contributed by atoms with Crippen molar-refractivity contribution in [2.45, 2.75) is 6.54 Å². The normalized spacial score (nSPS) is 15.8. The molecule has 24 heavy (non-hydrogen) atoms. The fourth-order valence-electron chi connectivity index (χ4n) is 3.05. The van der Waals surface area contributed by atoms with E-state index in [1.54, 1.807) is 0 Å². The maximum Gasteiger partial charge on any atom is 0.128 e. The highest BCUT2D eigenvalue weighted by atomic mass is 15.2. The summed E-state index contributed by atoms with van der Waals surface area (Å²) in [5.74, 6) is 0.916. The van der Waals surface area contributed by atoms with Gasteiger partial charge in [0.1, 0.15) is 5.82 Å². The molecular weight excluding hydrogens is 300 g/mol. The minimum atomic E-state index is 0.751. The lowest BCUT2D eigenvalue weighted by molar-refractivity contribution is 0.313. The summed E-state index contributed by atoms with van der Waals surface area (Å²) in [6, 6.07) is 10.5. The first kappa shape index (κ1) is 15.0. The third-order valence-electron chi connectivity index (χ3n) is 4.55. The van der Waals surface area contributed by atoms with E-state index in [2.05, 4.69) is 56.5 Å². The SMILES string of the molecule is CN1CCN(c2ccnc(NCc3ccn4nccc4c3)c2)CC1. The number of rotatable bonds is 4. The summed E-state index contributed by atoms with van der Waals surface area (Å²) >= 11 is 0. The maximum absolute atomic E-state index is 4.45. The molecule has 0 atom stereocenters. The number of likely N-dealkylation sites (N-methyl/N-ethyl adjacent to an activating group) is 1. The van der Waals surface area contributed by atoms with Crippen LogP contribution in [0.3, 0.4) is 0 Å². The number of nitrogens with one attached hydrogen (secondary N) is 1. The van der Waals surface area contributed by atoms with Crippen molar-refractivity contribution in [3.63, 3.8) is 0 Å². The smallest absolute Gasteiger partial charge is 0.128 e. The van der Waals surface area contributed by atoms with Gasteiger partial charge in [-0.2, -0.15) is 5.10 Å².